The van der Waals surface area contributed by atoms with Crippen LogP contribution in [-0.4, -0.2) is 58.4 Å². The van der Waals surface area contributed by atoms with Crippen molar-refractivity contribution in [3.63, 3.8) is 0 Å². The van der Waals surface area contributed by atoms with Crippen LogP contribution in [0.1, 0.15) is 69.1 Å². The molecule has 0 aliphatic carbocycles. The normalized spacial score (nSPS) is 19.2. The zero-order valence-electron chi connectivity index (χ0n) is 24.5. The maximum Gasteiger partial charge on any atom is 0.303 e. The monoisotopic (exact) mass is 560 g/mol. The SMILES string of the molecule is COc1c(OC[C@]2(C)CCCN2C)cc2c(N[C@H](C)c3cccc(C(F)(F)C(C)(C)O)c3F)nc(C)nc2c1C. The molecule has 1 aromatic heterocycles. The predicted molar refractivity (Wildman–Crippen MR) is 150 cm³/mol. The number of likely N-dealkylation sites (tertiary alicyclic amines) is 1. The summed E-state index contributed by atoms with van der Waals surface area (Å²) < 4.78 is 57.3. The second kappa shape index (κ2) is 10.7. The summed E-state index contributed by atoms with van der Waals surface area (Å²) in [6, 6.07) is 4.86. The number of rotatable bonds is 9. The quantitative estimate of drug-likeness (QED) is 0.318. The molecule has 0 unspecified atom stereocenters. The van der Waals surface area contributed by atoms with Gasteiger partial charge in [0.2, 0.25) is 0 Å². The molecular weight excluding hydrogens is 521 g/mol. The Morgan fingerprint density at radius 3 is 2.52 bits per heavy atom. The molecule has 40 heavy (non-hydrogen) atoms. The van der Waals surface area contributed by atoms with E-state index in [0.29, 0.717) is 40.7 Å². The summed E-state index contributed by atoms with van der Waals surface area (Å²) in [5, 5.41) is 13.8. The number of aromatic nitrogens is 2. The van der Waals surface area contributed by atoms with E-state index in [1.54, 1.807) is 21.0 Å². The Morgan fingerprint density at radius 2 is 1.93 bits per heavy atom. The van der Waals surface area contributed by atoms with Gasteiger partial charge < -0.3 is 19.9 Å². The highest BCUT2D eigenvalue weighted by atomic mass is 19.3. The van der Waals surface area contributed by atoms with Gasteiger partial charge in [0.25, 0.3) is 0 Å². The van der Waals surface area contributed by atoms with Crippen molar-refractivity contribution in [2.24, 2.45) is 0 Å². The molecule has 0 radical (unpaired) electrons. The van der Waals surface area contributed by atoms with Crippen molar-refractivity contribution in [2.75, 3.05) is 32.6 Å². The number of hydrogen-bond acceptors (Lipinski definition) is 7. The van der Waals surface area contributed by atoms with E-state index in [1.165, 1.54) is 12.1 Å². The third-order valence-corrected chi connectivity index (χ3v) is 8.08. The van der Waals surface area contributed by atoms with Gasteiger partial charge in [-0.2, -0.15) is 8.78 Å². The van der Waals surface area contributed by atoms with Crippen molar-refractivity contribution in [1.82, 2.24) is 14.9 Å². The molecule has 0 amide bonds. The minimum atomic E-state index is -3.80. The van der Waals surface area contributed by atoms with Crippen LogP contribution >= 0.6 is 0 Å². The summed E-state index contributed by atoms with van der Waals surface area (Å²) in [5.74, 6) is -2.88. The largest absolute Gasteiger partial charge is 0.493 e. The van der Waals surface area contributed by atoms with E-state index >= 15 is 4.39 Å². The maximum absolute atomic E-state index is 15.5. The van der Waals surface area contributed by atoms with Crippen molar-refractivity contribution in [3.8, 4) is 11.5 Å². The van der Waals surface area contributed by atoms with E-state index in [-0.39, 0.29) is 11.1 Å². The fraction of sp³-hybridized carbons (Fsp3) is 0.533. The van der Waals surface area contributed by atoms with Crippen molar-refractivity contribution in [1.29, 1.82) is 0 Å². The summed E-state index contributed by atoms with van der Waals surface area (Å²) in [5.41, 5.74) is -2.00. The Bertz CT molecular complexity index is 1410. The number of methoxy groups -OCH3 is 1. The summed E-state index contributed by atoms with van der Waals surface area (Å²) in [6.45, 7) is 10.8. The van der Waals surface area contributed by atoms with Crippen LogP contribution < -0.4 is 14.8 Å². The lowest BCUT2D eigenvalue weighted by molar-refractivity contribution is -0.170. The first-order chi connectivity index (χ1) is 18.6. The number of anilines is 1. The molecule has 218 valence electrons. The fourth-order valence-corrected chi connectivity index (χ4v) is 5.28. The summed E-state index contributed by atoms with van der Waals surface area (Å²) >= 11 is 0. The van der Waals surface area contributed by atoms with Gasteiger partial charge in [-0.1, -0.05) is 12.1 Å². The number of hydrogen-bond donors (Lipinski definition) is 2. The lowest BCUT2D eigenvalue weighted by Crippen LogP contribution is -2.43. The lowest BCUT2D eigenvalue weighted by Gasteiger charge is -2.32. The number of halogens is 3. The van der Waals surface area contributed by atoms with Gasteiger partial charge in [-0.3, -0.25) is 4.90 Å². The van der Waals surface area contributed by atoms with Gasteiger partial charge in [-0.25, -0.2) is 14.4 Å². The number of likely N-dealkylation sites (N-methyl/N-ethyl adjacent to an activating group) is 1. The predicted octanol–water partition coefficient (Wildman–Crippen LogP) is 6.29. The molecule has 0 bridgehead atoms. The minimum absolute atomic E-state index is 0.0183. The van der Waals surface area contributed by atoms with E-state index in [4.69, 9.17) is 9.47 Å². The Hall–Kier alpha value is -3.11. The molecule has 2 atom stereocenters. The third kappa shape index (κ3) is 5.31. The Balaban J connectivity index is 1.74. The molecule has 2 N–H and O–H groups in total. The molecule has 1 aliphatic rings. The molecule has 4 rings (SSSR count). The summed E-state index contributed by atoms with van der Waals surface area (Å²) in [4.78, 5) is 11.5. The number of nitrogens with one attached hydrogen (secondary N) is 1. The molecule has 10 heteroatoms. The van der Waals surface area contributed by atoms with E-state index in [1.807, 2.05) is 13.0 Å². The molecular formula is C30H39F3N4O3. The smallest absolute Gasteiger partial charge is 0.303 e. The maximum atomic E-state index is 15.5. The standard InChI is InChI=1S/C30H39F3N4O3/c1-17-25-21(15-23(26(17)39-8)40-16-29(6)13-10-14-37(29)7)27(36-19(3)35-25)34-18(2)20-11-9-12-22(24(20)31)30(32,33)28(4,5)38/h9,11-12,15,18,38H,10,13-14,16H2,1-8H3,(H,34,35,36)/t18-,29+/m1/s1. The van der Waals surface area contributed by atoms with Gasteiger partial charge >= 0.3 is 5.92 Å². The number of benzene rings is 2. The average molecular weight is 561 g/mol. The first-order valence-electron chi connectivity index (χ1n) is 13.5. The van der Waals surface area contributed by atoms with Gasteiger partial charge in [-0.05, 0) is 80.1 Å². The van der Waals surface area contributed by atoms with Gasteiger partial charge in [-0.15, -0.1) is 0 Å². The number of ether oxygens (including phenoxy) is 2. The highest BCUT2D eigenvalue weighted by molar-refractivity contribution is 5.94. The lowest BCUT2D eigenvalue weighted by atomic mass is 9.91. The van der Waals surface area contributed by atoms with Crippen molar-refractivity contribution < 1.29 is 27.8 Å². The molecule has 1 saturated heterocycles. The van der Waals surface area contributed by atoms with Crippen LogP contribution in [0.2, 0.25) is 0 Å². The number of aliphatic hydroxyl groups is 1. The number of fused-ring (bicyclic) bond motifs is 1. The molecule has 1 aliphatic heterocycles. The van der Waals surface area contributed by atoms with E-state index in [9.17, 15) is 13.9 Å². The molecule has 2 heterocycles. The number of nitrogens with zero attached hydrogens (tertiary/aromatic N) is 3. The first-order valence-corrected chi connectivity index (χ1v) is 13.5. The third-order valence-electron chi connectivity index (χ3n) is 8.08. The molecule has 0 saturated carbocycles. The van der Waals surface area contributed by atoms with Crippen molar-refractivity contribution >= 4 is 16.7 Å². The van der Waals surface area contributed by atoms with Gasteiger partial charge in [0.15, 0.2) is 11.5 Å². The molecule has 3 aromatic rings. The van der Waals surface area contributed by atoms with Gasteiger partial charge in [0, 0.05) is 16.5 Å². The van der Waals surface area contributed by atoms with E-state index < -0.39 is 28.9 Å². The van der Waals surface area contributed by atoms with Crippen LogP contribution in [0.4, 0.5) is 19.0 Å². The zero-order chi connectivity index (χ0) is 29.6. The van der Waals surface area contributed by atoms with Crippen LogP contribution in [0.15, 0.2) is 24.3 Å². The zero-order valence-corrected chi connectivity index (χ0v) is 24.5. The van der Waals surface area contributed by atoms with Crippen LogP contribution in [0.25, 0.3) is 10.9 Å². The molecule has 1 fully saturated rings. The molecule has 7 nitrogen and oxygen atoms in total. The van der Waals surface area contributed by atoms with E-state index in [0.717, 1.165) is 44.9 Å². The second-order valence-electron chi connectivity index (χ2n) is 11.6. The summed E-state index contributed by atoms with van der Waals surface area (Å²) in [7, 11) is 3.67. The van der Waals surface area contributed by atoms with Crippen LogP contribution in [0.3, 0.4) is 0 Å². The minimum Gasteiger partial charge on any atom is -0.493 e. The van der Waals surface area contributed by atoms with Crippen LogP contribution in [0, 0.1) is 19.7 Å². The number of alkyl halides is 2. The van der Waals surface area contributed by atoms with Crippen LogP contribution in [0.5, 0.6) is 11.5 Å². The van der Waals surface area contributed by atoms with E-state index in [2.05, 4.69) is 34.2 Å². The highest BCUT2D eigenvalue weighted by Gasteiger charge is 2.49. The molecule has 2 aromatic carbocycles. The fourth-order valence-electron chi connectivity index (χ4n) is 5.28. The Morgan fingerprint density at radius 1 is 1.23 bits per heavy atom. The second-order valence-corrected chi connectivity index (χ2v) is 11.6. The van der Waals surface area contributed by atoms with Gasteiger partial charge in [0.1, 0.15) is 29.7 Å². The Kier molecular flexibility index (Phi) is 7.99. The Labute approximate surface area is 233 Å². The first kappa shape index (κ1) is 29.9. The molecule has 0 spiro atoms. The van der Waals surface area contributed by atoms with Crippen molar-refractivity contribution in [3.05, 3.63) is 52.6 Å². The van der Waals surface area contributed by atoms with Crippen molar-refractivity contribution in [2.45, 2.75) is 77.5 Å². The summed E-state index contributed by atoms with van der Waals surface area (Å²) in [6.07, 6.45) is 2.12. The van der Waals surface area contributed by atoms with Gasteiger partial charge in [0.05, 0.1) is 29.8 Å². The average Bonchev–Trinajstić information content (AvgIpc) is 3.20. The number of aryl methyl sites for hydroxylation is 2. The topological polar surface area (TPSA) is 79.7 Å². The van der Waals surface area contributed by atoms with Crippen LogP contribution in [-0.2, 0) is 5.92 Å². The highest BCUT2D eigenvalue weighted by Crippen LogP contribution is 2.43.